The number of aryl methyl sites for hydroxylation is 2. The van der Waals surface area contributed by atoms with Crippen LogP contribution in [0.2, 0.25) is 0 Å². The summed E-state index contributed by atoms with van der Waals surface area (Å²) in [6.45, 7) is 3.92. The number of nitrogens with one attached hydrogen (secondary N) is 1. The first kappa shape index (κ1) is 16.5. The van der Waals surface area contributed by atoms with Gasteiger partial charge in [0.05, 0.1) is 0 Å². The number of benzene rings is 2. The SMILES string of the molecule is Cc1ccccc1CCCNCC(O)COc1ccccc1. The number of aliphatic hydroxyl groups excluding tert-OH is 1. The second kappa shape index (κ2) is 9.23. The van der Waals surface area contributed by atoms with Crippen LogP contribution in [0.4, 0.5) is 0 Å². The lowest BCUT2D eigenvalue weighted by Crippen LogP contribution is -2.32. The number of para-hydroxylation sites is 1. The lowest BCUT2D eigenvalue weighted by atomic mass is 10.0. The molecular weight excluding hydrogens is 274 g/mol. The Bertz CT molecular complexity index is 542. The summed E-state index contributed by atoms with van der Waals surface area (Å²) in [5.41, 5.74) is 2.75. The minimum absolute atomic E-state index is 0.314. The minimum Gasteiger partial charge on any atom is -0.491 e. The molecule has 0 fully saturated rings. The first-order chi connectivity index (χ1) is 10.8. The van der Waals surface area contributed by atoms with Crippen LogP contribution in [0.15, 0.2) is 54.6 Å². The highest BCUT2D eigenvalue weighted by molar-refractivity contribution is 5.25. The molecule has 0 spiro atoms. The van der Waals surface area contributed by atoms with Crippen molar-refractivity contribution in [2.45, 2.75) is 25.9 Å². The third kappa shape index (κ3) is 5.88. The van der Waals surface area contributed by atoms with Crippen LogP contribution in [0.3, 0.4) is 0 Å². The summed E-state index contributed by atoms with van der Waals surface area (Å²) in [4.78, 5) is 0. The zero-order chi connectivity index (χ0) is 15.6. The molecule has 0 radical (unpaired) electrons. The summed E-state index contributed by atoms with van der Waals surface area (Å²) in [5, 5.41) is 13.2. The topological polar surface area (TPSA) is 41.5 Å². The number of hydrogen-bond acceptors (Lipinski definition) is 3. The molecular formula is C19H25NO2. The van der Waals surface area contributed by atoms with Gasteiger partial charge in [0.2, 0.25) is 0 Å². The lowest BCUT2D eigenvalue weighted by Gasteiger charge is -2.13. The van der Waals surface area contributed by atoms with E-state index in [9.17, 15) is 5.11 Å². The lowest BCUT2D eigenvalue weighted by molar-refractivity contribution is 0.106. The third-order valence-corrected chi connectivity index (χ3v) is 3.63. The van der Waals surface area contributed by atoms with Crippen LogP contribution < -0.4 is 10.1 Å². The fourth-order valence-corrected chi connectivity index (χ4v) is 2.33. The standard InChI is InChI=1S/C19H25NO2/c1-16-8-5-6-9-17(16)10-7-13-20-14-18(21)15-22-19-11-3-2-4-12-19/h2-6,8-9,11-12,18,20-21H,7,10,13-15H2,1H3. The van der Waals surface area contributed by atoms with Crippen LogP contribution in [0.25, 0.3) is 0 Å². The van der Waals surface area contributed by atoms with E-state index >= 15 is 0 Å². The van der Waals surface area contributed by atoms with Gasteiger partial charge in [0, 0.05) is 6.54 Å². The maximum atomic E-state index is 9.88. The van der Waals surface area contributed by atoms with Gasteiger partial charge in [-0.3, -0.25) is 0 Å². The van der Waals surface area contributed by atoms with Crippen molar-refractivity contribution in [3.8, 4) is 5.75 Å². The molecule has 0 bridgehead atoms. The Morgan fingerprint density at radius 1 is 1.05 bits per heavy atom. The van der Waals surface area contributed by atoms with E-state index in [-0.39, 0.29) is 0 Å². The van der Waals surface area contributed by atoms with Crippen molar-refractivity contribution in [2.75, 3.05) is 19.7 Å². The first-order valence-corrected chi connectivity index (χ1v) is 7.87. The predicted molar refractivity (Wildman–Crippen MR) is 90.3 cm³/mol. The van der Waals surface area contributed by atoms with E-state index in [1.165, 1.54) is 11.1 Å². The Kier molecular flexibility index (Phi) is 6.94. The van der Waals surface area contributed by atoms with Crippen LogP contribution in [-0.4, -0.2) is 30.9 Å². The molecule has 2 aromatic rings. The van der Waals surface area contributed by atoms with Gasteiger partial charge in [0.1, 0.15) is 18.5 Å². The van der Waals surface area contributed by atoms with Gasteiger partial charge < -0.3 is 15.2 Å². The molecule has 2 rings (SSSR count). The van der Waals surface area contributed by atoms with E-state index in [1.54, 1.807) is 0 Å². The summed E-state index contributed by atoms with van der Waals surface area (Å²) in [6.07, 6.45) is 1.64. The number of rotatable bonds is 9. The average molecular weight is 299 g/mol. The van der Waals surface area contributed by atoms with E-state index in [4.69, 9.17) is 4.74 Å². The summed E-state index contributed by atoms with van der Waals surface area (Å²) in [6, 6.07) is 18.0. The van der Waals surface area contributed by atoms with E-state index in [2.05, 4.69) is 36.5 Å². The molecule has 3 nitrogen and oxygen atoms in total. The van der Waals surface area contributed by atoms with E-state index < -0.39 is 6.10 Å². The fourth-order valence-electron chi connectivity index (χ4n) is 2.33. The molecule has 0 aliphatic heterocycles. The highest BCUT2D eigenvalue weighted by Crippen LogP contribution is 2.09. The smallest absolute Gasteiger partial charge is 0.119 e. The molecule has 118 valence electrons. The van der Waals surface area contributed by atoms with Gasteiger partial charge in [-0.1, -0.05) is 42.5 Å². The van der Waals surface area contributed by atoms with Gasteiger partial charge in [-0.15, -0.1) is 0 Å². The Labute approximate surface area is 133 Å². The summed E-state index contributed by atoms with van der Waals surface area (Å²) in [5.74, 6) is 0.793. The molecule has 22 heavy (non-hydrogen) atoms. The number of aliphatic hydroxyl groups is 1. The average Bonchev–Trinajstić information content (AvgIpc) is 2.55. The van der Waals surface area contributed by atoms with Gasteiger partial charge in [-0.25, -0.2) is 0 Å². The van der Waals surface area contributed by atoms with Crippen molar-refractivity contribution >= 4 is 0 Å². The molecule has 1 atom stereocenters. The predicted octanol–water partition coefficient (Wildman–Crippen LogP) is 2.96. The van der Waals surface area contributed by atoms with Gasteiger partial charge in [0.15, 0.2) is 0 Å². The molecule has 0 saturated carbocycles. The molecule has 2 N–H and O–H groups in total. The highest BCUT2D eigenvalue weighted by atomic mass is 16.5. The molecule has 1 unspecified atom stereocenters. The van der Waals surface area contributed by atoms with Crippen molar-refractivity contribution in [2.24, 2.45) is 0 Å². The molecule has 0 aliphatic carbocycles. The van der Waals surface area contributed by atoms with Crippen LogP contribution in [0.5, 0.6) is 5.75 Å². The third-order valence-electron chi connectivity index (χ3n) is 3.63. The summed E-state index contributed by atoms with van der Waals surface area (Å²) in [7, 11) is 0. The van der Waals surface area contributed by atoms with Gasteiger partial charge in [-0.05, 0) is 49.6 Å². The maximum Gasteiger partial charge on any atom is 0.119 e. The quantitative estimate of drug-likeness (QED) is 0.700. The van der Waals surface area contributed by atoms with Gasteiger partial charge in [-0.2, -0.15) is 0 Å². The molecule has 0 aliphatic rings. The Morgan fingerprint density at radius 3 is 2.55 bits per heavy atom. The molecule has 0 aromatic heterocycles. The van der Waals surface area contributed by atoms with Crippen LogP contribution in [0, 0.1) is 6.92 Å². The second-order valence-electron chi connectivity index (χ2n) is 5.51. The minimum atomic E-state index is -0.487. The normalized spacial score (nSPS) is 12.1. The van der Waals surface area contributed by atoms with Crippen molar-refractivity contribution in [1.82, 2.24) is 5.32 Å². The Hall–Kier alpha value is -1.84. The monoisotopic (exact) mass is 299 g/mol. The van der Waals surface area contributed by atoms with Gasteiger partial charge >= 0.3 is 0 Å². The van der Waals surface area contributed by atoms with Crippen molar-refractivity contribution in [1.29, 1.82) is 0 Å². The highest BCUT2D eigenvalue weighted by Gasteiger charge is 2.04. The van der Waals surface area contributed by atoms with E-state index in [0.717, 1.165) is 25.1 Å². The first-order valence-electron chi connectivity index (χ1n) is 7.87. The van der Waals surface area contributed by atoms with E-state index in [0.29, 0.717) is 13.2 Å². The summed E-state index contributed by atoms with van der Waals surface area (Å²) >= 11 is 0. The summed E-state index contributed by atoms with van der Waals surface area (Å²) < 4.78 is 5.52. The van der Waals surface area contributed by atoms with Crippen LogP contribution >= 0.6 is 0 Å². The number of hydrogen-bond donors (Lipinski definition) is 2. The molecule has 0 heterocycles. The second-order valence-corrected chi connectivity index (χ2v) is 5.51. The zero-order valence-electron chi connectivity index (χ0n) is 13.2. The Balaban J connectivity index is 1.56. The van der Waals surface area contributed by atoms with Crippen LogP contribution in [0.1, 0.15) is 17.5 Å². The molecule has 2 aromatic carbocycles. The molecule has 3 heteroatoms. The number of ether oxygens (including phenoxy) is 1. The van der Waals surface area contributed by atoms with E-state index in [1.807, 2.05) is 30.3 Å². The van der Waals surface area contributed by atoms with Crippen molar-refractivity contribution in [3.05, 3.63) is 65.7 Å². The largest absolute Gasteiger partial charge is 0.491 e. The Morgan fingerprint density at radius 2 is 1.77 bits per heavy atom. The van der Waals surface area contributed by atoms with Crippen LogP contribution in [-0.2, 0) is 6.42 Å². The molecule has 0 saturated heterocycles. The van der Waals surface area contributed by atoms with Gasteiger partial charge in [0.25, 0.3) is 0 Å². The zero-order valence-corrected chi connectivity index (χ0v) is 13.2. The molecule has 0 amide bonds. The van der Waals surface area contributed by atoms with Crippen molar-refractivity contribution < 1.29 is 9.84 Å². The fraction of sp³-hybridized carbons (Fsp3) is 0.368. The van der Waals surface area contributed by atoms with Crippen molar-refractivity contribution in [3.63, 3.8) is 0 Å². The maximum absolute atomic E-state index is 9.88.